The van der Waals surface area contributed by atoms with Gasteiger partial charge in [-0.15, -0.1) is 11.8 Å². The van der Waals surface area contributed by atoms with E-state index in [9.17, 15) is 4.79 Å². The second kappa shape index (κ2) is 7.32. The van der Waals surface area contributed by atoms with Crippen LogP contribution in [0.5, 0.6) is 0 Å². The van der Waals surface area contributed by atoms with E-state index in [2.05, 4.69) is 4.74 Å². The lowest BCUT2D eigenvalue weighted by molar-refractivity contribution is -0.137. The highest BCUT2D eigenvalue weighted by Gasteiger charge is 2.08. The van der Waals surface area contributed by atoms with Gasteiger partial charge in [-0.25, -0.2) is 0 Å². The van der Waals surface area contributed by atoms with Crippen LogP contribution in [0.3, 0.4) is 0 Å². The van der Waals surface area contributed by atoms with Crippen LogP contribution in [0, 0.1) is 0 Å². The number of carbonyl (C=O) groups is 1. The molecule has 0 unspecified atom stereocenters. The summed E-state index contributed by atoms with van der Waals surface area (Å²) in [6, 6.07) is 7.68. The summed E-state index contributed by atoms with van der Waals surface area (Å²) in [7, 11) is 4.57. The molecule has 0 aliphatic rings. The highest BCUT2D eigenvalue weighted by Crippen LogP contribution is 2.22. The Kier molecular flexibility index (Phi) is 6.04. The molecule has 0 aliphatic heterocycles. The Morgan fingerprint density at radius 1 is 1.18 bits per heavy atom. The molecule has 1 rings (SSSR count). The van der Waals surface area contributed by atoms with Gasteiger partial charge < -0.3 is 14.2 Å². The highest BCUT2D eigenvalue weighted by atomic mass is 32.2. The van der Waals surface area contributed by atoms with Crippen molar-refractivity contribution in [3.8, 4) is 0 Å². The summed E-state index contributed by atoms with van der Waals surface area (Å²) in [5, 5.41) is 0. The molecule has 0 amide bonds. The molecule has 17 heavy (non-hydrogen) atoms. The molecule has 94 valence electrons. The summed E-state index contributed by atoms with van der Waals surface area (Å²) in [6.45, 7) is 0. The second-order valence-corrected chi connectivity index (χ2v) is 4.29. The van der Waals surface area contributed by atoms with E-state index >= 15 is 0 Å². The smallest absolute Gasteiger partial charge is 0.315 e. The third-order valence-electron chi connectivity index (χ3n) is 2.16. The number of hydrogen-bond donors (Lipinski definition) is 0. The van der Waals surface area contributed by atoms with E-state index in [1.165, 1.54) is 18.9 Å². The number of thioether (sulfide) groups is 1. The first-order valence-corrected chi connectivity index (χ1v) is 6.05. The summed E-state index contributed by atoms with van der Waals surface area (Å²) in [4.78, 5) is 12.0. The van der Waals surface area contributed by atoms with E-state index in [-0.39, 0.29) is 12.3 Å². The molecule has 0 heterocycles. The van der Waals surface area contributed by atoms with Crippen molar-refractivity contribution >= 4 is 17.7 Å². The van der Waals surface area contributed by atoms with Crippen LogP contribution in [0.25, 0.3) is 0 Å². The summed E-state index contributed by atoms with van der Waals surface area (Å²) >= 11 is 1.43. The zero-order valence-corrected chi connectivity index (χ0v) is 11.0. The molecule has 0 N–H and O–H groups in total. The molecule has 0 radical (unpaired) electrons. The summed E-state index contributed by atoms with van der Waals surface area (Å²) < 4.78 is 14.8. The molecule has 4 nitrogen and oxygen atoms in total. The normalized spacial score (nSPS) is 10.6. The van der Waals surface area contributed by atoms with Crippen molar-refractivity contribution in [3.63, 3.8) is 0 Å². The molecule has 1 aromatic rings. The number of ether oxygens (including phenoxy) is 3. The topological polar surface area (TPSA) is 44.8 Å². The van der Waals surface area contributed by atoms with Gasteiger partial charge >= 0.3 is 5.97 Å². The predicted molar refractivity (Wildman–Crippen MR) is 65.9 cm³/mol. The third-order valence-corrected chi connectivity index (χ3v) is 3.15. The fourth-order valence-electron chi connectivity index (χ4n) is 1.29. The molecule has 0 fully saturated rings. The first-order chi connectivity index (χ1) is 8.21. The number of carbonyl (C=O) groups excluding carboxylic acids is 1. The van der Waals surface area contributed by atoms with Crippen molar-refractivity contribution in [3.05, 3.63) is 29.8 Å². The average molecular weight is 256 g/mol. The minimum absolute atomic E-state index is 0.231. The van der Waals surface area contributed by atoms with Crippen LogP contribution in [0.4, 0.5) is 0 Å². The van der Waals surface area contributed by atoms with E-state index in [1.807, 2.05) is 24.3 Å². The first kappa shape index (κ1) is 14.0. The maximum atomic E-state index is 11.0. The van der Waals surface area contributed by atoms with E-state index in [4.69, 9.17) is 9.47 Å². The Labute approximate surface area is 105 Å². The summed E-state index contributed by atoms with van der Waals surface area (Å²) in [5.41, 5.74) is 0.942. The minimum Gasteiger partial charge on any atom is -0.468 e. The van der Waals surface area contributed by atoms with Gasteiger partial charge in [0, 0.05) is 24.7 Å². The Bertz CT molecular complexity index is 346. The Morgan fingerprint density at radius 3 is 2.24 bits per heavy atom. The van der Waals surface area contributed by atoms with E-state index in [0.29, 0.717) is 5.75 Å². The maximum absolute atomic E-state index is 11.0. The number of hydrogen-bond acceptors (Lipinski definition) is 5. The minimum atomic E-state index is -0.352. The highest BCUT2D eigenvalue weighted by molar-refractivity contribution is 8.00. The van der Waals surface area contributed by atoms with Crippen molar-refractivity contribution in [2.24, 2.45) is 0 Å². The molecular formula is C12H16O4S. The lowest BCUT2D eigenvalue weighted by Crippen LogP contribution is -2.04. The Hall–Kier alpha value is -1.04. The van der Waals surface area contributed by atoms with Gasteiger partial charge in [0.1, 0.15) is 0 Å². The van der Waals surface area contributed by atoms with Gasteiger partial charge in [-0.2, -0.15) is 0 Å². The van der Waals surface area contributed by atoms with Crippen LogP contribution in [-0.2, 0) is 19.0 Å². The first-order valence-electron chi connectivity index (χ1n) is 5.06. The number of benzene rings is 1. The largest absolute Gasteiger partial charge is 0.468 e. The lowest BCUT2D eigenvalue weighted by atomic mass is 10.2. The second-order valence-electron chi connectivity index (χ2n) is 3.24. The molecule has 5 heteroatoms. The van der Waals surface area contributed by atoms with Crippen LogP contribution in [0.1, 0.15) is 11.9 Å². The van der Waals surface area contributed by atoms with E-state index in [1.54, 1.807) is 14.2 Å². The Morgan fingerprint density at radius 2 is 1.76 bits per heavy atom. The zero-order valence-electron chi connectivity index (χ0n) is 10.1. The quantitative estimate of drug-likeness (QED) is 0.444. The third kappa shape index (κ3) is 4.38. The van der Waals surface area contributed by atoms with Crippen LogP contribution in [0.15, 0.2) is 29.2 Å². The predicted octanol–water partition coefficient (Wildman–Crippen LogP) is 2.24. The summed E-state index contributed by atoms with van der Waals surface area (Å²) in [6.07, 6.45) is -0.352. The monoisotopic (exact) mass is 256 g/mol. The zero-order chi connectivity index (χ0) is 12.7. The maximum Gasteiger partial charge on any atom is 0.315 e. The molecular weight excluding hydrogens is 240 g/mol. The van der Waals surface area contributed by atoms with Crippen LogP contribution >= 0.6 is 11.8 Å². The molecule has 0 saturated heterocycles. The number of rotatable bonds is 6. The van der Waals surface area contributed by atoms with Gasteiger partial charge in [-0.05, 0) is 12.1 Å². The van der Waals surface area contributed by atoms with Crippen LogP contribution < -0.4 is 0 Å². The van der Waals surface area contributed by atoms with Crippen LogP contribution in [0.2, 0.25) is 0 Å². The molecule has 0 saturated carbocycles. The number of methoxy groups -OCH3 is 3. The standard InChI is InChI=1S/C12H16O4S/c1-14-11(13)8-17-10-6-4-9(5-7-10)12(15-2)16-3/h4-7,12H,8H2,1-3H3. The van der Waals surface area contributed by atoms with Crippen molar-refractivity contribution < 1.29 is 19.0 Å². The van der Waals surface area contributed by atoms with Crippen LogP contribution in [-0.4, -0.2) is 33.1 Å². The fraction of sp³-hybridized carbons (Fsp3) is 0.417. The molecule has 0 bridgehead atoms. The van der Waals surface area contributed by atoms with Gasteiger partial charge in [0.2, 0.25) is 0 Å². The molecule has 0 aromatic heterocycles. The molecule has 0 spiro atoms. The lowest BCUT2D eigenvalue weighted by Gasteiger charge is -2.13. The van der Waals surface area contributed by atoms with Crippen molar-refractivity contribution in [2.75, 3.05) is 27.1 Å². The van der Waals surface area contributed by atoms with Crippen molar-refractivity contribution in [1.29, 1.82) is 0 Å². The SMILES string of the molecule is COC(=O)CSc1ccc(C(OC)OC)cc1. The van der Waals surface area contributed by atoms with E-state index in [0.717, 1.165) is 10.5 Å². The number of esters is 1. The fourth-order valence-corrected chi connectivity index (χ4v) is 2.02. The summed E-state index contributed by atoms with van der Waals surface area (Å²) in [5.74, 6) is 0.0825. The van der Waals surface area contributed by atoms with Crippen molar-refractivity contribution in [1.82, 2.24) is 0 Å². The molecule has 0 aliphatic carbocycles. The molecule has 0 atom stereocenters. The van der Waals surface area contributed by atoms with Gasteiger partial charge in [-0.3, -0.25) is 4.79 Å². The van der Waals surface area contributed by atoms with Gasteiger partial charge in [0.15, 0.2) is 6.29 Å². The molecule has 1 aromatic carbocycles. The average Bonchev–Trinajstić information content (AvgIpc) is 2.38. The van der Waals surface area contributed by atoms with E-state index < -0.39 is 0 Å². The van der Waals surface area contributed by atoms with Gasteiger partial charge in [-0.1, -0.05) is 12.1 Å². The van der Waals surface area contributed by atoms with Gasteiger partial charge in [0.05, 0.1) is 12.9 Å². The Balaban J connectivity index is 2.58. The van der Waals surface area contributed by atoms with Gasteiger partial charge in [0.25, 0.3) is 0 Å². The van der Waals surface area contributed by atoms with Crippen molar-refractivity contribution in [2.45, 2.75) is 11.2 Å².